The average molecular weight is 271 g/mol. The van der Waals surface area contributed by atoms with Gasteiger partial charge in [0.1, 0.15) is 5.82 Å². The molecule has 0 aliphatic rings. The van der Waals surface area contributed by atoms with Crippen LogP contribution in [0.2, 0.25) is 0 Å². The predicted molar refractivity (Wildman–Crippen MR) is 75.5 cm³/mol. The van der Waals surface area contributed by atoms with Gasteiger partial charge < -0.3 is 4.90 Å². The van der Waals surface area contributed by atoms with Gasteiger partial charge in [0, 0.05) is 23.9 Å². The van der Waals surface area contributed by atoms with Crippen molar-refractivity contribution in [2.24, 2.45) is 0 Å². The lowest BCUT2D eigenvalue weighted by Crippen LogP contribution is -2.13. The van der Waals surface area contributed by atoms with Crippen molar-refractivity contribution in [3.05, 3.63) is 65.0 Å². The van der Waals surface area contributed by atoms with Gasteiger partial charge in [-0.05, 0) is 55.0 Å². The Kier molecular flexibility index (Phi) is 3.94. The summed E-state index contributed by atoms with van der Waals surface area (Å²) in [6.45, 7) is 1.62. The first kappa shape index (κ1) is 13.9. The van der Waals surface area contributed by atoms with Gasteiger partial charge in [0.05, 0.1) is 0 Å². The highest BCUT2D eigenvalue weighted by Crippen LogP contribution is 2.17. The Labute approximate surface area is 116 Å². The molecule has 0 radical (unpaired) electrons. The molecule has 0 aromatic heterocycles. The summed E-state index contributed by atoms with van der Waals surface area (Å²) < 4.78 is 13.2. The van der Waals surface area contributed by atoms with Crippen LogP contribution in [0.25, 0.3) is 0 Å². The molecule has 0 saturated carbocycles. The van der Waals surface area contributed by atoms with Crippen LogP contribution in [0.3, 0.4) is 0 Å². The smallest absolute Gasteiger partial charge is 0.213 e. The van der Waals surface area contributed by atoms with Gasteiger partial charge >= 0.3 is 0 Å². The van der Waals surface area contributed by atoms with E-state index < -0.39 is 0 Å². The van der Waals surface area contributed by atoms with Crippen molar-refractivity contribution in [2.45, 2.75) is 6.92 Å². The molecule has 0 fully saturated rings. The number of hydrogen-bond donors (Lipinski definition) is 0. The van der Waals surface area contributed by atoms with E-state index in [9.17, 15) is 14.0 Å². The Hall–Kier alpha value is -2.49. The van der Waals surface area contributed by atoms with Crippen LogP contribution < -0.4 is 4.90 Å². The molecule has 2 rings (SSSR count). The Bertz CT molecular complexity index is 650. The number of hydrogen-bond acceptors (Lipinski definition) is 2. The number of anilines is 1. The number of carbonyl (C=O) groups is 2. The number of amides is 1. The van der Waals surface area contributed by atoms with E-state index in [0.717, 1.165) is 0 Å². The predicted octanol–water partition coefficient (Wildman–Crippen LogP) is 2.96. The summed E-state index contributed by atoms with van der Waals surface area (Å²) in [6, 6.07) is 11.0. The molecule has 0 atom stereocenters. The van der Waals surface area contributed by atoms with Gasteiger partial charge in [-0.1, -0.05) is 0 Å². The van der Waals surface area contributed by atoms with Gasteiger partial charge in [0.2, 0.25) is 6.41 Å². The van der Waals surface area contributed by atoms with Crippen LogP contribution in [0.4, 0.5) is 10.1 Å². The zero-order valence-electron chi connectivity index (χ0n) is 11.3. The van der Waals surface area contributed by atoms with Crippen molar-refractivity contribution in [3.8, 4) is 0 Å². The second-order valence-electron chi connectivity index (χ2n) is 4.56. The summed E-state index contributed by atoms with van der Waals surface area (Å²) >= 11 is 0. The molecule has 0 aliphatic carbocycles. The standard InChI is InChI=1S/C16H14FNO2/c1-11-9-13(5-8-15(11)17)16(20)12-3-6-14(7-4-12)18(2)10-19/h3-10H,1-2H3. The Morgan fingerprint density at radius 2 is 1.70 bits per heavy atom. The average Bonchev–Trinajstić information content (AvgIpc) is 2.48. The number of aryl methyl sites for hydroxylation is 1. The molecule has 0 N–H and O–H groups in total. The van der Waals surface area contributed by atoms with E-state index in [-0.39, 0.29) is 11.6 Å². The molecule has 3 nitrogen and oxygen atoms in total. The van der Waals surface area contributed by atoms with Crippen LogP contribution in [0.15, 0.2) is 42.5 Å². The molecule has 0 spiro atoms. The van der Waals surface area contributed by atoms with Crippen molar-refractivity contribution in [2.75, 3.05) is 11.9 Å². The minimum absolute atomic E-state index is 0.173. The van der Waals surface area contributed by atoms with E-state index in [1.54, 1.807) is 38.2 Å². The number of ketones is 1. The van der Waals surface area contributed by atoms with E-state index in [2.05, 4.69) is 0 Å². The third kappa shape index (κ3) is 2.74. The van der Waals surface area contributed by atoms with Crippen molar-refractivity contribution < 1.29 is 14.0 Å². The van der Waals surface area contributed by atoms with Gasteiger partial charge in [-0.15, -0.1) is 0 Å². The first-order valence-electron chi connectivity index (χ1n) is 6.12. The SMILES string of the molecule is Cc1cc(C(=O)c2ccc(N(C)C=O)cc2)ccc1F. The molecular weight excluding hydrogens is 257 g/mol. The van der Waals surface area contributed by atoms with E-state index in [0.29, 0.717) is 28.8 Å². The fraction of sp³-hybridized carbons (Fsp3) is 0.125. The van der Waals surface area contributed by atoms with Crippen LogP contribution in [-0.4, -0.2) is 19.2 Å². The van der Waals surface area contributed by atoms with Gasteiger partial charge in [0.15, 0.2) is 5.78 Å². The number of benzene rings is 2. The lowest BCUT2D eigenvalue weighted by Gasteiger charge is -2.11. The number of nitrogens with zero attached hydrogens (tertiary/aromatic N) is 1. The topological polar surface area (TPSA) is 37.4 Å². The molecule has 2 aromatic rings. The Balaban J connectivity index is 2.29. The van der Waals surface area contributed by atoms with Crippen LogP contribution in [0.5, 0.6) is 0 Å². The summed E-state index contributed by atoms with van der Waals surface area (Å²) in [7, 11) is 1.63. The fourth-order valence-electron chi connectivity index (χ4n) is 1.86. The largest absolute Gasteiger partial charge is 0.318 e. The molecule has 0 saturated heterocycles. The normalized spacial score (nSPS) is 10.2. The zero-order chi connectivity index (χ0) is 14.7. The van der Waals surface area contributed by atoms with Gasteiger partial charge in [-0.2, -0.15) is 0 Å². The minimum Gasteiger partial charge on any atom is -0.318 e. The third-order valence-electron chi connectivity index (χ3n) is 3.12. The van der Waals surface area contributed by atoms with Crippen LogP contribution in [-0.2, 0) is 4.79 Å². The molecule has 0 heterocycles. The minimum atomic E-state index is -0.329. The molecular formula is C16H14FNO2. The van der Waals surface area contributed by atoms with Crippen molar-refractivity contribution >= 4 is 17.9 Å². The van der Waals surface area contributed by atoms with E-state index in [1.165, 1.54) is 23.1 Å². The number of halogens is 1. The second kappa shape index (κ2) is 5.65. The maximum atomic E-state index is 13.2. The third-order valence-corrected chi connectivity index (χ3v) is 3.12. The second-order valence-corrected chi connectivity index (χ2v) is 4.56. The summed E-state index contributed by atoms with van der Waals surface area (Å²) in [5.41, 5.74) is 2.08. The summed E-state index contributed by atoms with van der Waals surface area (Å²) in [4.78, 5) is 24.3. The summed E-state index contributed by atoms with van der Waals surface area (Å²) in [5, 5.41) is 0. The van der Waals surface area contributed by atoms with Crippen LogP contribution in [0, 0.1) is 12.7 Å². The summed E-state index contributed by atoms with van der Waals surface area (Å²) in [5.74, 6) is -0.502. The molecule has 20 heavy (non-hydrogen) atoms. The van der Waals surface area contributed by atoms with E-state index in [4.69, 9.17) is 0 Å². The maximum absolute atomic E-state index is 13.2. The van der Waals surface area contributed by atoms with Crippen LogP contribution >= 0.6 is 0 Å². The molecule has 102 valence electrons. The monoisotopic (exact) mass is 271 g/mol. The van der Waals surface area contributed by atoms with Crippen LogP contribution in [0.1, 0.15) is 21.5 Å². The first-order valence-corrected chi connectivity index (χ1v) is 6.12. The zero-order valence-corrected chi connectivity index (χ0v) is 11.3. The highest BCUT2D eigenvalue weighted by molar-refractivity contribution is 6.09. The molecule has 2 aromatic carbocycles. The lowest BCUT2D eigenvalue weighted by atomic mass is 10.0. The number of carbonyl (C=O) groups excluding carboxylic acids is 2. The van der Waals surface area contributed by atoms with E-state index >= 15 is 0 Å². The molecule has 0 bridgehead atoms. The first-order chi connectivity index (χ1) is 9.52. The quantitative estimate of drug-likeness (QED) is 0.633. The molecule has 0 aliphatic heterocycles. The highest BCUT2D eigenvalue weighted by Gasteiger charge is 2.11. The lowest BCUT2D eigenvalue weighted by molar-refractivity contribution is -0.107. The van der Waals surface area contributed by atoms with Crippen molar-refractivity contribution in [3.63, 3.8) is 0 Å². The molecule has 0 unspecified atom stereocenters. The van der Waals surface area contributed by atoms with Gasteiger partial charge in [-0.25, -0.2) is 4.39 Å². The fourth-order valence-corrected chi connectivity index (χ4v) is 1.86. The molecule has 4 heteroatoms. The highest BCUT2D eigenvalue weighted by atomic mass is 19.1. The van der Waals surface area contributed by atoms with Gasteiger partial charge in [0.25, 0.3) is 0 Å². The Morgan fingerprint density at radius 1 is 1.10 bits per heavy atom. The summed E-state index contributed by atoms with van der Waals surface area (Å²) in [6.07, 6.45) is 0.695. The van der Waals surface area contributed by atoms with Crippen molar-refractivity contribution in [1.82, 2.24) is 0 Å². The number of rotatable bonds is 4. The maximum Gasteiger partial charge on any atom is 0.213 e. The Morgan fingerprint density at radius 3 is 2.25 bits per heavy atom. The van der Waals surface area contributed by atoms with Gasteiger partial charge in [-0.3, -0.25) is 9.59 Å². The van der Waals surface area contributed by atoms with E-state index in [1.807, 2.05) is 0 Å². The molecule has 1 amide bonds. The van der Waals surface area contributed by atoms with Crippen molar-refractivity contribution in [1.29, 1.82) is 0 Å².